The Hall–Kier alpha value is -1.88. The number of benzene rings is 1. The molecule has 0 heterocycles. The van der Waals surface area contributed by atoms with Crippen LogP contribution in [0.2, 0.25) is 0 Å². The van der Waals surface area contributed by atoms with Gasteiger partial charge >= 0.3 is 5.97 Å². The van der Waals surface area contributed by atoms with Gasteiger partial charge in [-0.2, -0.15) is 0 Å². The Bertz CT molecular complexity index is 716. The highest BCUT2D eigenvalue weighted by molar-refractivity contribution is 6.03. The Labute approximate surface area is 174 Å². The third-order valence-electron chi connectivity index (χ3n) is 6.76. The van der Waals surface area contributed by atoms with Gasteiger partial charge in [0.25, 0.3) is 0 Å². The van der Waals surface area contributed by atoms with E-state index in [1.807, 2.05) is 30.0 Å². The van der Waals surface area contributed by atoms with Gasteiger partial charge in [0, 0.05) is 19.1 Å². The molecule has 5 nitrogen and oxygen atoms in total. The number of hydrogen-bond acceptors (Lipinski definition) is 4. The number of methoxy groups -OCH3 is 2. The van der Waals surface area contributed by atoms with Crippen molar-refractivity contribution in [3.63, 3.8) is 0 Å². The minimum absolute atomic E-state index is 0.0400. The maximum absolute atomic E-state index is 13.7. The zero-order chi connectivity index (χ0) is 21.0. The van der Waals surface area contributed by atoms with E-state index < -0.39 is 0 Å². The zero-order valence-electron chi connectivity index (χ0n) is 18.3. The minimum Gasteiger partial charge on any atom is -0.465 e. The molecule has 5 heteroatoms. The first-order valence-corrected chi connectivity index (χ1v) is 11.0. The lowest BCUT2D eigenvalue weighted by atomic mass is 9.81. The summed E-state index contributed by atoms with van der Waals surface area (Å²) >= 11 is 0. The molecule has 0 spiro atoms. The van der Waals surface area contributed by atoms with Crippen molar-refractivity contribution in [3.8, 4) is 0 Å². The zero-order valence-corrected chi connectivity index (χ0v) is 18.3. The molecule has 0 bridgehead atoms. The summed E-state index contributed by atoms with van der Waals surface area (Å²) < 4.78 is 10.6. The molecule has 0 aliphatic heterocycles. The Morgan fingerprint density at radius 1 is 0.966 bits per heavy atom. The van der Waals surface area contributed by atoms with Crippen LogP contribution in [0.25, 0.3) is 0 Å². The fourth-order valence-corrected chi connectivity index (χ4v) is 4.87. The van der Waals surface area contributed by atoms with Crippen molar-refractivity contribution in [1.82, 2.24) is 0 Å². The maximum atomic E-state index is 13.7. The van der Waals surface area contributed by atoms with E-state index in [4.69, 9.17) is 9.47 Å². The summed E-state index contributed by atoms with van der Waals surface area (Å²) in [5.74, 6) is 0.518. The van der Waals surface area contributed by atoms with Crippen LogP contribution < -0.4 is 4.90 Å². The van der Waals surface area contributed by atoms with Crippen LogP contribution in [-0.4, -0.2) is 38.2 Å². The van der Waals surface area contributed by atoms with Gasteiger partial charge in [-0.05, 0) is 76.3 Å². The highest BCUT2D eigenvalue weighted by Gasteiger charge is 2.36. The summed E-state index contributed by atoms with van der Waals surface area (Å²) in [5.41, 5.74) is 2.17. The second kappa shape index (κ2) is 9.75. The van der Waals surface area contributed by atoms with Gasteiger partial charge in [-0.25, -0.2) is 4.79 Å². The first kappa shape index (κ1) is 21.8. The predicted molar refractivity (Wildman–Crippen MR) is 114 cm³/mol. The van der Waals surface area contributed by atoms with Crippen LogP contribution in [0.5, 0.6) is 0 Å². The molecule has 0 aromatic heterocycles. The van der Waals surface area contributed by atoms with E-state index >= 15 is 0 Å². The number of rotatable bonds is 5. The lowest BCUT2D eigenvalue weighted by Gasteiger charge is -2.40. The van der Waals surface area contributed by atoms with Crippen molar-refractivity contribution in [2.45, 2.75) is 77.4 Å². The third kappa shape index (κ3) is 5.00. The lowest BCUT2D eigenvalue weighted by molar-refractivity contribution is -0.124. The Balaban J connectivity index is 1.95. The number of anilines is 1. The number of aryl methyl sites for hydroxylation is 1. The highest BCUT2D eigenvalue weighted by atomic mass is 16.5. The van der Waals surface area contributed by atoms with Gasteiger partial charge in [-0.1, -0.05) is 18.6 Å². The van der Waals surface area contributed by atoms with E-state index in [0.717, 1.165) is 56.9 Å². The second-order valence-electron chi connectivity index (χ2n) is 8.84. The monoisotopic (exact) mass is 401 g/mol. The number of carbonyl (C=O) groups is 2. The van der Waals surface area contributed by atoms with Gasteiger partial charge in [0.1, 0.15) is 0 Å². The largest absolute Gasteiger partial charge is 0.465 e. The molecule has 1 aromatic carbocycles. The van der Waals surface area contributed by atoms with Crippen molar-refractivity contribution in [2.24, 2.45) is 11.8 Å². The molecule has 2 fully saturated rings. The number of ether oxygens (including phenoxy) is 2. The van der Waals surface area contributed by atoms with E-state index in [-0.39, 0.29) is 29.9 Å². The van der Waals surface area contributed by atoms with Crippen molar-refractivity contribution in [3.05, 3.63) is 29.3 Å². The molecule has 29 heavy (non-hydrogen) atoms. The van der Waals surface area contributed by atoms with Crippen LogP contribution >= 0.6 is 0 Å². The van der Waals surface area contributed by atoms with Crippen LogP contribution in [0.15, 0.2) is 18.2 Å². The lowest BCUT2D eigenvalue weighted by Crippen LogP contribution is -2.47. The van der Waals surface area contributed by atoms with E-state index in [1.54, 1.807) is 7.11 Å². The van der Waals surface area contributed by atoms with Crippen molar-refractivity contribution >= 4 is 17.6 Å². The van der Waals surface area contributed by atoms with Crippen molar-refractivity contribution < 1.29 is 19.1 Å². The molecule has 0 atom stereocenters. The van der Waals surface area contributed by atoms with E-state index in [1.165, 1.54) is 7.11 Å². The van der Waals surface area contributed by atoms with Crippen LogP contribution in [0.4, 0.5) is 5.69 Å². The Kier molecular flexibility index (Phi) is 7.33. The molecule has 2 aliphatic rings. The smallest absolute Gasteiger partial charge is 0.339 e. The van der Waals surface area contributed by atoms with Gasteiger partial charge in [0.2, 0.25) is 5.91 Å². The molecular formula is C24H35NO4. The summed E-state index contributed by atoms with van der Waals surface area (Å²) in [7, 11) is 3.15. The van der Waals surface area contributed by atoms with Crippen LogP contribution in [0, 0.1) is 18.8 Å². The van der Waals surface area contributed by atoms with Gasteiger partial charge in [0.05, 0.1) is 24.5 Å². The van der Waals surface area contributed by atoms with Gasteiger partial charge in [0.15, 0.2) is 0 Å². The molecule has 0 N–H and O–H groups in total. The van der Waals surface area contributed by atoms with Gasteiger partial charge in [-0.15, -0.1) is 0 Å². The first-order valence-electron chi connectivity index (χ1n) is 11.0. The summed E-state index contributed by atoms with van der Waals surface area (Å²) in [4.78, 5) is 28.2. The quantitative estimate of drug-likeness (QED) is 0.659. The standard InChI is InChI=1S/C24H35NO4/c1-16-5-8-18(9-6-16)23(26)25(19-10-12-20(28-3)13-11-19)22-14-7-17(2)15-21(22)24(27)29-4/h7,14-16,18-20H,5-6,8-13H2,1-4H3. The number of nitrogens with zero attached hydrogens (tertiary/aromatic N) is 1. The Morgan fingerprint density at radius 3 is 2.21 bits per heavy atom. The molecule has 2 aliphatic carbocycles. The molecular weight excluding hydrogens is 366 g/mol. The van der Waals surface area contributed by atoms with Crippen LogP contribution in [0.3, 0.4) is 0 Å². The van der Waals surface area contributed by atoms with Crippen LogP contribution in [0.1, 0.15) is 74.2 Å². The van der Waals surface area contributed by atoms with Gasteiger partial charge in [-0.3, -0.25) is 4.79 Å². The average molecular weight is 402 g/mol. The molecule has 1 aromatic rings. The summed E-state index contributed by atoms with van der Waals surface area (Å²) in [6.07, 6.45) is 7.97. The molecule has 160 valence electrons. The minimum atomic E-state index is -0.385. The van der Waals surface area contributed by atoms with Crippen LogP contribution in [-0.2, 0) is 14.3 Å². The Morgan fingerprint density at radius 2 is 1.62 bits per heavy atom. The normalized spacial score (nSPS) is 27.3. The first-order chi connectivity index (χ1) is 13.9. The number of esters is 1. The number of carbonyl (C=O) groups excluding carboxylic acids is 2. The predicted octanol–water partition coefficient (Wildman–Crippen LogP) is 4.90. The van der Waals surface area contributed by atoms with E-state index in [0.29, 0.717) is 17.2 Å². The highest BCUT2D eigenvalue weighted by Crippen LogP contribution is 2.36. The van der Waals surface area contributed by atoms with E-state index in [9.17, 15) is 9.59 Å². The molecule has 0 unspecified atom stereocenters. The molecule has 3 rings (SSSR count). The molecule has 0 saturated heterocycles. The number of hydrogen-bond donors (Lipinski definition) is 0. The van der Waals surface area contributed by atoms with E-state index in [2.05, 4.69) is 6.92 Å². The number of amides is 1. The topological polar surface area (TPSA) is 55.8 Å². The second-order valence-corrected chi connectivity index (χ2v) is 8.84. The third-order valence-corrected chi connectivity index (χ3v) is 6.76. The average Bonchev–Trinajstić information content (AvgIpc) is 2.75. The molecule has 1 amide bonds. The fourth-order valence-electron chi connectivity index (χ4n) is 4.87. The molecule has 2 saturated carbocycles. The van der Waals surface area contributed by atoms with Gasteiger partial charge < -0.3 is 14.4 Å². The summed E-state index contributed by atoms with van der Waals surface area (Å²) in [6.45, 7) is 4.22. The van der Waals surface area contributed by atoms with Crippen molar-refractivity contribution in [2.75, 3.05) is 19.1 Å². The summed E-state index contributed by atoms with van der Waals surface area (Å²) in [6, 6.07) is 5.84. The SMILES string of the molecule is COC(=O)c1cc(C)ccc1N(C(=O)C1CCC(C)CC1)C1CCC(OC)CC1. The summed E-state index contributed by atoms with van der Waals surface area (Å²) in [5, 5.41) is 0. The maximum Gasteiger partial charge on any atom is 0.339 e. The van der Waals surface area contributed by atoms with Crippen molar-refractivity contribution in [1.29, 1.82) is 0 Å². The fraction of sp³-hybridized carbons (Fsp3) is 0.667. The molecule has 0 radical (unpaired) electrons.